The SMILES string of the molecule is O=C1CCON1CCCC1CC2CCC(C1)N2. The lowest BCUT2D eigenvalue weighted by molar-refractivity contribution is -0.161. The summed E-state index contributed by atoms with van der Waals surface area (Å²) >= 11 is 0. The van der Waals surface area contributed by atoms with Crippen LogP contribution in [0.25, 0.3) is 0 Å². The second-order valence-corrected chi connectivity index (χ2v) is 5.70. The standard InChI is InChI=1S/C13H22N2O2/c16-13-5-7-17-15(13)6-1-2-10-8-11-3-4-12(9-10)14-11/h10-12,14H,1-9H2. The van der Waals surface area contributed by atoms with E-state index in [1.807, 2.05) is 0 Å². The molecule has 3 aliphatic heterocycles. The number of fused-ring (bicyclic) bond motifs is 2. The third kappa shape index (κ3) is 2.63. The number of piperidine rings is 1. The van der Waals surface area contributed by atoms with Crippen molar-refractivity contribution in [1.29, 1.82) is 0 Å². The maximum absolute atomic E-state index is 11.4. The lowest BCUT2D eigenvalue weighted by Gasteiger charge is -2.29. The lowest BCUT2D eigenvalue weighted by Crippen LogP contribution is -2.38. The van der Waals surface area contributed by atoms with E-state index in [9.17, 15) is 4.79 Å². The highest BCUT2D eigenvalue weighted by molar-refractivity contribution is 5.76. The minimum atomic E-state index is 0.162. The van der Waals surface area contributed by atoms with Crippen LogP contribution in [0.5, 0.6) is 0 Å². The van der Waals surface area contributed by atoms with Crippen LogP contribution < -0.4 is 5.32 Å². The number of nitrogens with one attached hydrogen (secondary N) is 1. The first-order valence-electron chi connectivity index (χ1n) is 7.00. The first kappa shape index (κ1) is 11.5. The molecular formula is C13H22N2O2. The van der Waals surface area contributed by atoms with E-state index >= 15 is 0 Å². The fourth-order valence-corrected chi connectivity index (χ4v) is 3.56. The van der Waals surface area contributed by atoms with Crippen LogP contribution in [0.2, 0.25) is 0 Å². The summed E-state index contributed by atoms with van der Waals surface area (Å²) in [5, 5.41) is 5.23. The minimum Gasteiger partial charge on any atom is -0.311 e. The summed E-state index contributed by atoms with van der Waals surface area (Å²) in [6.07, 6.45) is 8.33. The van der Waals surface area contributed by atoms with Gasteiger partial charge in [-0.15, -0.1) is 0 Å². The number of nitrogens with zero attached hydrogens (tertiary/aromatic N) is 1. The topological polar surface area (TPSA) is 41.6 Å². The van der Waals surface area contributed by atoms with Crippen LogP contribution in [0.4, 0.5) is 0 Å². The van der Waals surface area contributed by atoms with E-state index in [1.165, 1.54) is 32.1 Å². The summed E-state index contributed by atoms with van der Waals surface area (Å²) in [7, 11) is 0. The molecule has 2 atom stereocenters. The zero-order valence-corrected chi connectivity index (χ0v) is 10.4. The Morgan fingerprint density at radius 1 is 1.29 bits per heavy atom. The van der Waals surface area contributed by atoms with E-state index in [2.05, 4.69) is 5.32 Å². The fraction of sp³-hybridized carbons (Fsp3) is 0.923. The Labute approximate surface area is 103 Å². The predicted octanol–water partition coefficient (Wildman–Crippen LogP) is 1.46. The molecule has 17 heavy (non-hydrogen) atoms. The fourth-order valence-electron chi connectivity index (χ4n) is 3.56. The van der Waals surface area contributed by atoms with Crippen molar-refractivity contribution < 1.29 is 9.63 Å². The highest BCUT2D eigenvalue weighted by atomic mass is 16.7. The predicted molar refractivity (Wildman–Crippen MR) is 64.2 cm³/mol. The summed E-state index contributed by atoms with van der Waals surface area (Å²) < 4.78 is 0. The third-order valence-electron chi connectivity index (χ3n) is 4.39. The van der Waals surface area contributed by atoms with Gasteiger partial charge in [0.1, 0.15) is 0 Å². The maximum Gasteiger partial charge on any atom is 0.248 e. The lowest BCUT2D eigenvalue weighted by atomic mass is 9.88. The monoisotopic (exact) mass is 238 g/mol. The maximum atomic E-state index is 11.4. The van der Waals surface area contributed by atoms with Crippen LogP contribution in [-0.4, -0.2) is 36.2 Å². The Morgan fingerprint density at radius 3 is 2.71 bits per heavy atom. The number of hydroxylamine groups is 2. The minimum absolute atomic E-state index is 0.162. The van der Waals surface area contributed by atoms with Gasteiger partial charge in [0, 0.05) is 18.6 Å². The molecule has 0 saturated carbocycles. The van der Waals surface area contributed by atoms with Crippen molar-refractivity contribution in [3.63, 3.8) is 0 Å². The molecule has 0 aromatic carbocycles. The van der Waals surface area contributed by atoms with Crippen molar-refractivity contribution in [1.82, 2.24) is 10.4 Å². The van der Waals surface area contributed by atoms with Gasteiger partial charge in [0.15, 0.2) is 0 Å². The van der Waals surface area contributed by atoms with Gasteiger partial charge in [-0.25, -0.2) is 5.06 Å². The van der Waals surface area contributed by atoms with Crippen LogP contribution in [0.1, 0.15) is 44.9 Å². The van der Waals surface area contributed by atoms with Crippen molar-refractivity contribution in [2.45, 2.75) is 57.0 Å². The molecular weight excluding hydrogens is 216 g/mol. The summed E-state index contributed by atoms with van der Waals surface area (Å²) in [5.41, 5.74) is 0. The molecule has 0 spiro atoms. The largest absolute Gasteiger partial charge is 0.311 e. The van der Waals surface area contributed by atoms with E-state index in [0.29, 0.717) is 13.0 Å². The van der Waals surface area contributed by atoms with Crippen molar-refractivity contribution in [3.8, 4) is 0 Å². The Morgan fingerprint density at radius 2 is 2.06 bits per heavy atom. The molecule has 0 aliphatic carbocycles. The number of amides is 1. The Kier molecular flexibility index (Phi) is 3.34. The summed E-state index contributed by atoms with van der Waals surface area (Å²) in [6, 6.07) is 1.56. The van der Waals surface area contributed by atoms with Crippen molar-refractivity contribution >= 4 is 5.91 Å². The van der Waals surface area contributed by atoms with E-state index < -0.39 is 0 Å². The van der Waals surface area contributed by atoms with Gasteiger partial charge in [-0.3, -0.25) is 9.63 Å². The number of hydrogen-bond donors (Lipinski definition) is 1. The first-order chi connectivity index (χ1) is 8.31. The molecule has 2 unspecified atom stereocenters. The first-order valence-corrected chi connectivity index (χ1v) is 7.00. The van der Waals surface area contributed by atoms with Gasteiger partial charge >= 0.3 is 0 Å². The molecule has 3 heterocycles. The number of carbonyl (C=O) groups is 1. The molecule has 3 saturated heterocycles. The van der Waals surface area contributed by atoms with Crippen LogP contribution in [0.3, 0.4) is 0 Å². The molecule has 2 bridgehead atoms. The summed E-state index contributed by atoms with van der Waals surface area (Å²) in [4.78, 5) is 16.6. The van der Waals surface area contributed by atoms with Gasteiger partial charge in [0.05, 0.1) is 13.0 Å². The zero-order chi connectivity index (χ0) is 11.7. The zero-order valence-electron chi connectivity index (χ0n) is 10.4. The summed E-state index contributed by atoms with van der Waals surface area (Å²) in [5.74, 6) is 1.03. The van der Waals surface area contributed by atoms with E-state index in [-0.39, 0.29) is 5.91 Å². The van der Waals surface area contributed by atoms with Crippen LogP contribution in [0.15, 0.2) is 0 Å². The number of hydrogen-bond acceptors (Lipinski definition) is 3. The molecule has 0 aromatic rings. The quantitative estimate of drug-likeness (QED) is 0.806. The normalized spacial score (nSPS) is 36.8. The average Bonchev–Trinajstić information content (AvgIpc) is 2.86. The van der Waals surface area contributed by atoms with Gasteiger partial charge < -0.3 is 5.32 Å². The van der Waals surface area contributed by atoms with Crippen molar-refractivity contribution in [2.75, 3.05) is 13.2 Å². The molecule has 3 fully saturated rings. The van der Waals surface area contributed by atoms with Gasteiger partial charge in [-0.05, 0) is 44.4 Å². The number of rotatable bonds is 4. The highest BCUT2D eigenvalue weighted by Crippen LogP contribution is 2.33. The van der Waals surface area contributed by atoms with E-state index in [4.69, 9.17) is 4.84 Å². The van der Waals surface area contributed by atoms with E-state index in [0.717, 1.165) is 31.0 Å². The Bertz CT molecular complexity index is 283. The number of carbonyl (C=O) groups excluding carboxylic acids is 1. The highest BCUT2D eigenvalue weighted by Gasteiger charge is 2.33. The molecule has 1 N–H and O–H groups in total. The molecule has 0 aromatic heterocycles. The van der Waals surface area contributed by atoms with Crippen molar-refractivity contribution in [3.05, 3.63) is 0 Å². The van der Waals surface area contributed by atoms with Crippen molar-refractivity contribution in [2.24, 2.45) is 5.92 Å². The molecule has 1 amide bonds. The third-order valence-corrected chi connectivity index (χ3v) is 4.39. The van der Waals surface area contributed by atoms with Gasteiger partial charge in [-0.1, -0.05) is 0 Å². The molecule has 96 valence electrons. The second kappa shape index (κ2) is 4.94. The molecule has 0 radical (unpaired) electrons. The molecule has 3 rings (SSSR count). The van der Waals surface area contributed by atoms with Crippen LogP contribution in [0, 0.1) is 5.92 Å². The molecule has 4 nitrogen and oxygen atoms in total. The van der Waals surface area contributed by atoms with E-state index in [1.54, 1.807) is 5.06 Å². The Hall–Kier alpha value is -0.610. The van der Waals surface area contributed by atoms with Crippen LogP contribution >= 0.6 is 0 Å². The average molecular weight is 238 g/mol. The molecule has 4 heteroatoms. The van der Waals surface area contributed by atoms with Gasteiger partial charge in [0.25, 0.3) is 0 Å². The Balaban J connectivity index is 1.38. The second-order valence-electron chi connectivity index (χ2n) is 5.70. The van der Waals surface area contributed by atoms with Gasteiger partial charge in [0.2, 0.25) is 5.91 Å². The van der Waals surface area contributed by atoms with Crippen LogP contribution in [-0.2, 0) is 9.63 Å². The smallest absolute Gasteiger partial charge is 0.248 e. The van der Waals surface area contributed by atoms with Gasteiger partial charge in [-0.2, -0.15) is 0 Å². The summed E-state index contributed by atoms with van der Waals surface area (Å²) in [6.45, 7) is 1.37. The molecule has 3 aliphatic rings.